The fourth-order valence-corrected chi connectivity index (χ4v) is 3.08. The molecule has 22 heavy (non-hydrogen) atoms. The van der Waals surface area contributed by atoms with E-state index in [1.807, 2.05) is 24.3 Å². The summed E-state index contributed by atoms with van der Waals surface area (Å²) in [7, 11) is 2.06. The molecule has 0 radical (unpaired) electrons. The number of aryl methyl sites for hydroxylation is 1. The number of benzene rings is 1. The van der Waals surface area contributed by atoms with Gasteiger partial charge in [-0.15, -0.1) is 0 Å². The van der Waals surface area contributed by atoms with Gasteiger partial charge in [-0.1, -0.05) is 28.9 Å². The molecule has 1 saturated heterocycles. The van der Waals surface area contributed by atoms with Crippen LogP contribution in [0.1, 0.15) is 34.3 Å². The van der Waals surface area contributed by atoms with Crippen LogP contribution in [-0.2, 0) is 0 Å². The second-order valence-corrected chi connectivity index (χ2v) is 6.11. The molecule has 0 spiro atoms. The van der Waals surface area contributed by atoms with Gasteiger partial charge in [0.2, 0.25) is 5.76 Å². The van der Waals surface area contributed by atoms with E-state index in [1.165, 1.54) is 0 Å². The number of hydrogen-bond acceptors (Lipinski definition) is 4. The van der Waals surface area contributed by atoms with Gasteiger partial charge in [-0.25, -0.2) is 0 Å². The van der Waals surface area contributed by atoms with Crippen LogP contribution in [0.25, 0.3) is 0 Å². The third-order valence-electron chi connectivity index (χ3n) is 4.03. The SMILES string of the molecule is Cc1cc(C(=O)NC2CCN(C)C2c2ccc(Cl)cc2)on1. The van der Waals surface area contributed by atoms with Crippen molar-refractivity contribution < 1.29 is 9.32 Å². The average molecular weight is 320 g/mol. The molecule has 2 atom stereocenters. The Labute approximate surface area is 134 Å². The third-order valence-corrected chi connectivity index (χ3v) is 4.28. The van der Waals surface area contributed by atoms with Gasteiger partial charge in [0.1, 0.15) is 0 Å². The smallest absolute Gasteiger partial charge is 0.290 e. The summed E-state index contributed by atoms with van der Waals surface area (Å²) in [4.78, 5) is 14.5. The third kappa shape index (κ3) is 3.00. The molecule has 1 fully saturated rings. The van der Waals surface area contributed by atoms with Gasteiger partial charge in [-0.2, -0.15) is 0 Å². The maximum Gasteiger partial charge on any atom is 0.290 e. The molecule has 2 unspecified atom stereocenters. The second kappa shape index (κ2) is 6.10. The maximum absolute atomic E-state index is 12.3. The van der Waals surface area contributed by atoms with E-state index >= 15 is 0 Å². The van der Waals surface area contributed by atoms with Crippen LogP contribution < -0.4 is 5.32 Å². The van der Waals surface area contributed by atoms with Gasteiger partial charge in [-0.05, 0) is 38.1 Å². The molecule has 5 nitrogen and oxygen atoms in total. The van der Waals surface area contributed by atoms with E-state index in [2.05, 4.69) is 22.4 Å². The van der Waals surface area contributed by atoms with Gasteiger partial charge in [0, 0.05) is 17.6 Å². The summed E-state index contributed by atoms with van der Waals surface area (Å²) in [5.41, 5.74) is 1.84. The number of halogens is 1. The fourth-order valence-electron chi connectivity index (χ4n) is 2.95. The molecule has 116 valence electrons. The van der Waals surface area contributed by atoms with Crippen LogP contribution in [0.4, 0.5) is 0 Å². The molecule has 1 aliphatic heterocycles. The lowest BCUT2D eigenvalue weighted by atomic mass is 10.00. The number of carbonyl (C=O) groups excluding carboxylic acids is 1. The molecule has 3 rings (SSSR count). The molecule has 1 aromatic carbocycles. The first-order chi connectivity index (χ1) is 10.5. The molecule has 1 aliphatic rings. The summed E-state index contributed by atoms with van der Waals surface area (Å²) in [5, 5.41) is 7.52. The lowest BCUT2D eigenvalue weighted by Gasteiger charge is -2.26. The molecule has 6 heteroatoms. The van der Waals surface area contributed by atoms with Crippen LogP contribution in [0.15, 0.2) is 34.9 Å². The minimum absolute atomic E-state index is 0.0316. The summed E-state index contributed by atoms with van der Waals surface area (Å²) >= 11 is 5.96. The monoisotopic (exact) mass is 319 g/mol. The Morgan fingerprint density at radius 1 is 1.41 bits per heavy atom. The Morgan fingerprint density at radius 3 is 2.77 bits per heavy atom. The van der Waals surface area contributed by atoms with Gasteiger partial charge >= 0.3 is 0 Å². The molecule has 0 bridgehead atoms. The number of likely N-dealkylation sites (tertiary alicyclic amines) is 1. The summed E-state index contributed by atoms with van der Waals surface area (Å²) in [6.07, 6.45) is 0.892. The Bertz CT molecular complexity index is 668. The van der Waals surface area contributed by atoms with Gasteiger partial charge in [0.05, 0.1) is 17.8 Å². The number of aromatic nitrogens is 1. The molecule has 1 amide bonds. The van der Waals surface area contributed by atoms with Crippen LogP contribution in [0.3, 0.4) is 0 Å². The Hall–Kier alpha value is -1.85. The molecule has 2 heterocycles. The number of nitrogens with one attached hydrogen (secondary N) is 1. The van der Waals surface area contributed by atoms with Gasteiger partial charge in [0.25, 0.3) is 5.91 Å². The Kier molecular flexibility index (Phi) is 4.18. The van der Waals surface area contributed by atoms with Crippen molar-refractivity contribution in [2.45, 2.75) is 25.4 Å². The van der Waals surface area contributed by atoms with E-state index in [0.717, 1.165) is 18.5 Å². The first-order valence-electron chi connectivity index (χ1n) is 7.24. The fraction of sp³-hybridized carbons (Fsp3) is 0.375. The highest BCUT2D eigenvalue weighted by atomic mass is 35.5. The van der Waals surface area contributed by atoms with Crippen LogP contribution in [0, 0.1) is 6.92 Å². The second-order valence-electron chi connectivity index (χ2n) is 5.68. The van der Waals surface area contributed by atoms with Crippen molar-refractivity contribution in [2.24, 2.45) is 0 Å². The molecule has 0 aliphatic carbocycles. The maximum atomic E-state index is 12.3. The standard InChI is InChI=1S/C16H18ClN3O2/c1-10-9-14(22-19-10)16(21)18-13-7-8-20(2)15(13)11-3-5-12(17)6-4-11/h3-6,9,13,15H,7-8H2,1-2H3,(H,18,21). The first-order valence-corrected chi connectivity index (χ1v) is 7.62. The van der Waals surface area contributed by atoms with Crippen molar-refractivity contribution in [1.82, 2.24) is 15.4 Å². The van der Waals surface area contributed by atoms with Crippen LogP contribution in [0.2, 0.25) is 5.02 Å². The van der Waals surface area contributed by atoms with Crippen LogP contribution in [0.5, 0.6) is 0 Å². The molecule has 1 N–H and O–H groups in total. The zero-order valence-corrected chi connectivity index (χ0v) is 13.3. The van der Waals surface area contributed by atoms with Crippen molar-refractivity contribution in [1.29, 1.82) is 0 Å². The molecular weight excluding hydrogens is 302 g/mol. The van der Waals surface area contributed by atoms with Crippen molar-refractivity contribution in [3.8, 4) is 0 Å². The summed E-state index contributed by atoms with van der Waals surface area (Å²) in [6.45, 7) is 2.72. The van der Waals surface area contributed by atoms with E-state index < -0.39 is 0 Å². The van der Waals surface area contributed by atoms with E-state index in [0.29, 0.717) is 10.7 Å². The lowest BCUT2D eigenvalue weighted by Crippen LogP contribution is -2.38. The summed E-state index contributed by atoms with van der Waals surface area (Å²) in [5.74, 6) is 0.0294. The number of nitrogens with zero attached hydrogens (tertiary/aromatic N) is 2. The predicted molar refractivity (Wildman–Crippen MR) is 83.9 cm³/mol. The van der Waals surface area contributed by atoms with Gasteiger partial charge < -0.3 is 9.84 Å². The summed E-state index contributed by atoms with van der Waals surface area (Å²) < 4.78 is 5.03. The van der Waals surface area contributed by atoms with Gasteiger partial charge in [-0.3, -0.25) is 9.69 Å². The normalized spacial score (nSPS) is 22.0. The quantitative estimate of drug-likeness (QED) is 0.945. The predicted octanol–water partition coefficient (Wildman–Crippen LogP) is 2.81. The Morgan fingerprint density at radius 2 is 2.14 bits per heavy atom. The lowest BCUT2D eigenvalue weighted by molar-refractivity contribution is 0.0890. The van der Waals surface area contributed by atoms with Crippen LogP contribution >= 0.6 is 11.6 Å². The summed E-state index contributed by atoms with van der Waals surface area (Å²) in [6, 6.07) is 9.57. The highest BCUT2D eigenvalue weighted by molar-refractivity contribution is 6.30. The average Bonchev–Trinajstić information content (AvgIpc) is 3.07. The molecule has 1 aromatic heterocycles. The van der Waals surface area contributed by atoms with E-state index in [4.69, 9.17) is 16.1 Å². The zero-order valence-electron chi connectivity index (χ0n) is 12.5. The Balaban J connectivity index is 1.77. The van der Waals surface area contributed by atoms with Gasteiger partial charge in [0.15, 0.2) is 0 Å². The highest BCUT2D eigenvalue weighted by Gasteiger charge is 2.34. The number of amides is 1. The van der Waals surface area contributed by atoms with E-state index in [1.54, 1.807) is 13.0 Å². The van der Waals surface area contributed by atoms with Crippen LogP contribution in [-0.4, -0.2) is 35.6 Å². The first kappa shape index (κ1) is 15.1. The largest absolute Gasteiger partial charge is 0.351 e. The van der Waals surface area contributed by atoms with Crippen molar-refractivity contribution >= 4 is 17.5 Å². The number of carbonyl (C=O) groups is 1. The molecule has 2 aromatic rings. The van der Waals surface area contributed by atoms with E-state index in [9.17, 15) is 4.79 Å². The topological polar surface area (TPSA) is 58.4 Å². The molecule has 0 saturated carbocycles. The van der Waals surface area contributed by atoms with Crippen molar-refractivity contribution in [2.75, 3.05) is 13.6 Å². The van der Waals surface area contributed by atoms with Crippen molar-refractivity contribution in [3.63, 3.8) is 0 Å². The minimum atomic E-state index is -0.222. The zero-order chi connectivity index (χ0) is 15.7. The number of hydrogen-bond donors (Lipinski definition) is 1. The minimum Gasteiger partial charge on any atom is -0.351 e. The highest BCUT2D eigenvalue weighted by Crippen LogP contribution is 2.31. The number of rotatable bonds is 3. The molecular formula is C16H18ClN3O2. The number of likely N-dealkylation sites (N-methyl/N-ethyl adjacent to an activating group) is 1. The van der Waals surface area contributed by atoms with E-state index in [-0.39, 0.29) is 23.8 Å². The van der Waals surface area contributed by atoms with Crippen molar-refractivity contribution in [3.05, 3.63) is 52.4 Å².